The SMILES string of the molecule is CN1CCN(C2CCC(n3nc(C(Nc4ccccc4)C(=O)c4ccccc4)c4c(N)ncnc43)CC2)CC1. The quantitative estimate of drug-likeness (QED) is 0.347. The number of nitrogens with zero attached hydrogens (tertiary/aromatic N) is 6. The van der Waals surface area contributed by atoms with Crippen molar-refractivity contribution in [1.82, 2.24) is 29.5 Å². The largest absolute Gasteiger partial charge is 0.383 e. The zero-order chi connectivity index (χ0) is 26.8. The first kappa shape index (κ1) is 25.5. The maximum Gasteiger partial charge on any atom is 0.191 e. The normalized spacial score (nSPS) is 21.6. The average molecular weight is 525 g/mol. The van der Waals surface area contributed by atoms with Crippen LogP contribution >= 0.6 is 0 Å². The third kappa shape index (κ3) is 5.24. The summed E-state index contributed by atoms with van der Waals surface area (Å²) in [5.41, 5.74) is 9.15. The highest BCUT2D eigenvalue weighted by molar-refractivity contribution is 6.05. The molecular weight excluding hydrogens is 488 g/mol. The molecule has 1 unspecified atom stereocenters. The Bertz CT molecular complexity index is 1410. The number of carbonyl (C=O) groups excluding carboxylic acids is 1. The van der Waals surface area contributed by atoms with Crippen LogP contribution in [0, 0.1) is 0 Å². The minimum Gasteiger partial charge on any atom is -0.383 e. The summed E-state index contributed by atoms with van der Waals surface area (Å²) in [6, 6.07) is 19.1. The fourth-order valence-corrected chi connectivity index (χ4v) is 6.06. The van der Waals surface area contributed by atoms with Gasteiger partial charge >= 0.3 is 0 Å². The standard InChI is InChI=1S/C30H36N8O/c1-36-16-18-37(19-17-36)23-12-14-24(15-13-23)38-30-25(29(31)32-20-33-30)26(35-38)27(34-22-10-6-3-7-11-22)28(39)21-8-4-2-5-9-21/h2-11,20,23-24,27,34H,12-19H2,1H3,(H2,31,32,33). The van der Waals surface area contributed by atoms with Crippen molar-refractivity contribution < 1.29 is 4.79 Å². The molecule has 202 valence electrons. The van der Waals surface area contributed by atoms with E-state index < -0.39 is 6.04 Å². The van der Waals surface area contributed by atoms with Gasteiger partial charge in [0, 0.05) is 43.5 Å². The molecule has 1 aliphatic heterocycles. The molecule has 0 spiro atoms. The highest BCUT2D eigenvalue weighted by Crippen LogP contribution is 2.37. The van der Waals surface area contributed by atoms with Gasteiger partial charge in [0.05, 0.1) is 11.4 Å². The van der Waals surface area contributed by atoms with Crippen molar-refractivity contribution in [1.29, 1.82) is 0 Å². The third-order valence-electron chi connectivity index (χ3n) is 8.29. The number of piperazine rings is 1. The van der Waals surface area contributed by atoms with Crippen LogP contribution in [-0.4, -0.2) is 74.6 Å². The lowest BCUT2D eigenvalue weighted by molar-refractivity contribution is 0.0814. The third-order valence-corrected chi connectivity index (χ3v) is 8.29. The number of fused-ring (bicyclic) bond motifs is 1. The lowest BCUT2D eigenvalue weighted by Crippen LogP contribution is -2.49. The van der Waals surface area contributed by atoms with Crippen LogP contribution < -0.4 is 11.1 Å². The number of nitrogen functional groups attached to an aromatic ring is 1. The van der Waals surface area contributed by atoms with Crippen LogP contribution in [0.2, 0.25) is 0 Å². The van der Waals surface area contributed by atoms with Gasteiger partial charge in [-0.15, -0.1) is 0 Å². The zero-order valence-electron chi connectivity index (χ0n) is 22.4. The molecule has 3 N–H and O–H groups in total. The second kappa shape index (κ2) is 11.1. The van der Waals surface area contributed by atoms with Gasteiger partial charge in [-0.25, -0.2) is 14.6 Å². The Morgan fingerprint density at radius 1 is 0.897 bits per heavy atom. The Kier molecular flexibility index (Phi) is 7.26. The molecule has 3 heterocycles. The smallest absolute Gasteiger partial charge is 0.191 e. The summed E-state index contributed by atoms with van der Waals surface area (Å²) >= 11 is 0. The van der Waals surface area contributed by atoms with E-state index in [9.17, 15) is 4.79 Å². The number of carbonyl (C=O) groups is 1. The summed E-state index contributed by atoms with van der Waals surface area (Å²) in [7, 11) is 2.20. The fourth-order valence-electron chi connectivity index (χ4n) is 6.06. The lowest BCUT2D eigenvalue weighted by atomic mass is 9.90. The molecule has 2 aromatic heterocycles. The predicted molar refractivity (Wildman–Crippen MR) is 154 cm³/mol. The van der Waals surface area contributed by atoms with Crippen LogP contribution in [0.3, 0.4) is 0 Å². The van der Waals surface area contributed by atoms with Gasteiger partial charge in [0.2, 0.25) is 0 Å². The minimum atomic E-state index is -0.742. The van der Waals surface area contributed by atoms with Crippen LogP contribution in [0.1, 0.15) is 53.8 Å². The average Bonchev–Trinajstić information content (AvgIpc) is 3.38. The van der Waals surface area contributed by atoms with E-state index in [1.165, 1.54) is 6.33 Å². The maximum absolute atomic E-state index is 13.9. The topological polar surface area (TPSA) is 105 Å². The number of likely N-dealkylation sites (N-methyl/N-ethyl adjacent to an activating group) is 1. The summed E-state index contributed by atoms with van der Waals surface area (Å²) in [6.07, 6.45) is 5.77. The van der Waals surface area contributed by atoms with Crippen LogP contribution in [0.25, 0.3) is 11.0 Å². The maximum atomic E-state index is 13.9. The van der Waals surface area contributed by atoms with Gasteiger partial charge < -0.3 is 16.0 Å². The van der Waals surface area contributed by atoms with Gasteiger partial charge in [0.25, 0.3) is 0 Å². The molecule has 39 heavy (non-hydrogen) atoms. The van der Waals surface area contributed by atoms with Crippen LogP contribution in [0.5, 0.6) is 0 Å². The Morgan fingerprint density at radius 3 is 2.23 bits per heavy atom. The molecule has 0 bridgehead atoms. The fraction of sp³-hybridized carbons (Fsp3) is 0.400. The molecule has 1 saturated carbocycles. The van der Waals surface area contributed by atoms with Gasteiger partial charge in [-0.05, 0) is 44.9 Å². The Hall–Kier alpha value is -3.82. The molecule has 2 aromatic carbocycles. The highest BCUT2D eigenvalue weighted by atomic mass is 16.1. The zero-order valence-corrected chi connectivity index (χ0v) is 22.4. The Morgan fingerprint density at radius 2 is 1.54 bits per heavy atom. The number of aromatic nitrogens is 4. The van der Waals surface area contributed by atoms with Crippen LogP contribution in [0.15, 0.2) is 67.0 Å². The number of hydrogen-bond donors (Lipinski definition) is 2. The van der Waals surface area contributed by atoms with Gasteiger partial charge in [0.1, 0.15) is 23.9 Å². The molecule has 1 aliphatic carbocycles. The Labute approximate surface area is 229 Å². The number of hydrogen-bond acceptors (Lipinski definition) is 8. The molecule has 4 aromatic rings. The number of para-hydroxylation sites is 1. The number of rotatable bonds is 7. The summed E-state index contributed by atoms with van der Waals surface area (Å²) < 4.78 is 2.01. The van der Waals surface area contributed by atoms with Crippen molar-refractivity contribution in [2.75, 3.05) is 44.3 Å². The van der Waals surface area contributed by atoms with Crippen molar-refractivity contribution in [3.05, 3.63) is 78.2 Å². The van der Waals surface area contributed by atoms with E-state index >= 15 is 0 Å². The number of nitrogens with two attached hydrogens (primary N) is 1. The first-order chi connectivity index (χ1) is 19.1. The molecule has 6 rings (SSSR count). The van der Waals surface area contributed by atoms with Crippen LogP contribution in [0.4, 0.5) is 11.5 Å². The van der Waals surface area contributed by atoms with E-state index in [0.717, 1.165) is 57.5 Å². The monoisotopic (exact) mass is 524 g/mol. The first-order valence-electron chi connectivity index (χ1n) is 13.9. The molecule has 0 radical (unpaired) electrons. The van der Waals surface area contributed by atoms with Gasteiger partial charge in [-0.1, -0.05) is 48.5 Å². The highest BCUT2D eigenvalue weighted by Gasteiger charge is 2.33. The summed E-state index contributed by atoms with van der Waals surface area (Å²) in [5, 5.41) is 9.18. The van der Waals surface area contributed by atoms with E-state index in [1.54, 1.807) is 0 Å². The van der Waals surface area contributed by atoms with Gasteiger partial charge in [-0.2, -0.15) is 5.10 Å². The number of ketones is 1. The number of nitrogens with one attached hydrogen (secondary N) is 1. The second-order valence-corrected chi connectivity index (χ2v) is 10.8. The molecular formula is C30H36N8O. The summed E-state index contributed by atoms with van der Waals surface area (Å²) in [4.78, 5) is 27.9. The van der Waals surface area contributed by atoms with Crippen LogP contribution in [-0.2, 0) is 0 Å². The molecule has 9 heteroatoms. The van der Waals surface area contributed by atoms with E-state index in [1.807, 2.05) is 65.3 Å². The lowest BCUT2D eigenvalue weighted by Gasteiger charge is -2.41. The molecule has 1 atom stereocenters. The van der Waals surface area contributed by atoms with E-state index in [-0.39, 0.29) is 11.8 Å². The van der Waals surface area contributed by atoms with Crippen molar-refractivity contribution in [2.45, 2.75) is 43.8 Å². The summed E-state index contributed by atoms with van der Waals surface area (Å²) in [5.74, 6) is 0.265. The first-order valence-corrected chi connectivity index (χ1v) is 13.9. The van der Waals surface area contributed by atoms with E-state index in [2.05, 4.69) is 32.1 Å². The molecule has 1 saturated heterocycles. The predicted octanol–water partition coefficient (Wildman–Crippen LogP) is 4.18. The minimum absolute atomic E-state index is 0.0759. The number of anilines is 2. The van der Waals surface area contributed by atoms with E-state index in [4.69, 9.17) is 10.8 Å². The molecule has 2 aliphatic rings. The Balaban J connectivity index is 1.34. The van der Waals surface area contributed by atoms with Gasteiger partial charge in [0.15, 0.2) is 11.4 Å². The molecule has 0 amide bonds. The van der Waals surface area contributed by atoms with E-state index in [0.29, 0.717) is 34.2 Å². The second-order valence-electron chi connectivity index (χ2n) is 10.8. The van der Waals surface area contributed by atoms with Gasteiger partial charge in [-0.3, -0.25) is 9.69 Å². The molecule has 9 nitrogen and oxygen atoms in total. The number of benzene rings is 2. The van der Waals surface area contributed by atoms with Crippen molar-refractivity contribution in [3.8, 4) is 0 Å². The molecule has 2 fully saturated rings. The van der Waals surface area contributed by atoms with Crippen molar-refractivity contribution >= 4 is 28.3 Å². The number of Topliss-reactive ketones (excluding diaryl/α,β-unsaturated/α-hetero) is 1. The summed E-state index contributed by atoms with van der Waals surface area (Å²) in [6.45, 7) is 4.54. The van der Waals surface area contributed by atoms with Crippen molar-refractivity contribution in [3.63, 3.8) is 0 Å². The van der Waals surface area contributed by atoms with Crippen molar-refractivity contribution in [2.24, 2.45) is 0 Å².